The Balaban J connectivity index is 1.93. The molecule has 1 aromatic rings. The van der Waals surface area contributed by atoms with Crippen LogP contribution in [0.3, 0.4) is 0 Å². The topological polar surface area (TPSA) is 41.5 Å². The van der Waals surface area contributed by atoms with Crippen LogP contribution in [0.1, 0.15) is 50.3 Å². The van der Waals surface area contributed by atoms with Crippen molar-refractivity contribution in [2.75, 3.05) is 13.2 Å². The normalized spacial score (nSPS) is 19.2. The maximum Gasteiger partial charge on any atom is 0.119 e. The van der Waals surface area contributed by atoms with E-state index in [-0.39, 0.29) is 6.10 Å². The summed E-state index contributed by atoms with van der Waals surface area (Å²) in [5.41, 5.74) is 2.83. The average molecular weight is 263 g/mol. The minimum absolute atomic E-state index is 0.294. The van der Waals surface area contributed by atoms with Gasteiger partial charge in [-0.3, -0.25) is 0 Å². The lowest BCUT2D eigenvalue weighted by molar-refractivity contribution is 0.155. The summed E-state index contributed by atoms with van der Waals surface area (Å²) in [5, 5.41) is 12.8. The number of hydrogen-bond acceptors (Lipinski definition) is 3. The molecule has 0 saturated carbocycles. The van der Waals surface area contributed by atoms with Crippen molar-refractivity contribution >= 4 is 0 Å². The van der Waals surface area contributed by atoms with Crippen LogP contribution in [0.25, 0.3) is 0 Å². The Kier molecular flexibility index (Phi) is 5.23. The van der Waals surface area contributed by atoms with E-state index in [1.54, 1.807) is 6.92 Å². The molecule has 2 N–H and O–H groups in total. The standard InChI is InChI=1S/C16H25NO2/c1-3-9-17-16-7-4-13-11-14(5-6-15(13)16)19-10-8-12(2)18/h5-6,11-12,16-18H,3-4,7-10H2,1-2H3. The van der Waals surface area contributed by atoms with E-state index in [0.717, 1.165) is 18.7 Å². The second-order valence-corrected chi connectivity index (χ2v) is 5.39. The van der Waals surface area contributed by atoms with Gasteiger partial charge < -0.3 is 15.2 Å². The fourth-order valence-electron chi connectivity index (χ4n) is 2.56. The van der Waals surface area contributed by atoms with Gasteiger partial charge in [-0.25, -0.2) is 0 Å². The molecule has 2 unspecified atom stereocenters. The van der Waals surface area contributed by atoms with Crippen LogP contribution in [-0.4, -0.2) is 24.4 Å². The summed E-state index contributed by atoms with van der Waals surface area (Å²) < 4.78 is 5.68. The highest BCUT2D eigenvalue weighted by atomic mass is 16.5. The number of hydrogen-bond donors (Lipinski definition) is 2. The Hall–Kier alpha value is -1.06. The summed E-state index contributed by atoms with van der Waals surface area (Å²) in [6.07, 6.45) is 3.87. The molecule has 1 aliphatic carbocycles. The predicted octanol–water partition coefficient (Wildman–Crippen LogP) is 2.82. The van der Waals surface area contributed by atoms with Gasteiger partial charge in [-0.15, -0.1) is 0 Å². The highest BCUT2D eigenvalue weighted by Crippen LogP contribution is 2.33. The minimum atomic E-state index is -0.294. The van der Waals surface area contributed by atoms with Crippen molar-refractivity contribution in [3.8, 4) is 5.75 Å². The zero-order valence-electron chi connectivity index (χ0n) is 12.0. The first kappa shape index (κ1) is 14.4. The molecule has 1 aromatic carbocycles. The zero-order valence-corrected chi connectivity index (χ0v) is 12.0. The first-order chi connectivity index (χ1) is 9.20. The molecule has 0 saturated heterocycles. The van der Waals surface area contributed by atoms with Crippen LogP contribution >= 0.6 is 0 Å². The molecule has 2 rings (SSSR count). The third kappa shape index (κ3) is 3.95. The third-order valence-electron chi connectivity index (χ3n) is 3.64. The first-order valence-corrected chi connectivity index (χ1v) is 7.37. The molecule has 0 heterocycles. The number of rotatable bonds is 7. The van der Waals surface area contributed by atoms with E-state index in [9.17, 15) is 5.11 Å². The lowest BCUT2D eigenvalue weighted by atomic mass is 10.1. The van der Waals surface area contributed by atoms with Crippen LogP contribution in [0.15, 0.2) is 18.2 Å². The maximum absolute atomic E-state index is 9.21. The minimum Gasteiger partial charge on any atom is -0.493 e. The Labute approximate surface area is 116 Å². The third-order valence-corrected chi connectivity index (χ3v) is 3.64. The highest BCUT2D eigenvalue weighted by molar-refractivity contribution is 5.40. The van der Waals surface area contributed by atoms with Crippen molar-refractivity contribution in [2.24, 2.45) is 0 Å². The van der Waals surface area contributed by atoms with E-state index < -0.39 is 0 Å². The molecule has 3 nitrogen and oxygen atoms in total. The molecule has 106 valence electrons. The van der Waals surface area contributed by atoms with E-state index in [2.05, 4.69) is 24.4 Å². The molecule has 0 radical (unpaired) electrons. The van der Waals surface area contributed by atoms with Gasteiger partial charge in [-0.1, -0.05) is 13.0 Å². The monoisotopic (exact) mass is 263 g/mol. The van der Waals surface area contributed by atoms with E-state index >= 15 is 0 Å². The smallest absolute Gasteiger partial charge is 0.119 e. The Morgan fingerprint density at radius 3 is 3.05 bits per heavy atom. The van der Waals surface area contributed by atoms with Gasteiger partial charge in [0.15, 0.2) is 0 Å². The van der Waals surface area contributed by atoms with Crippen molar-refractivity contribution in [1.29, 1.82) is 0 Å². The Morgan fingerprint density at radius 2 is 2.32 bits per heavy atom. The van der Waals surface area contributed by atoms with Gasteiger partial charge >= 0.3 is 0 Å². The van der Waals surface area contributed by atoms with Crippen molar-refractivity contribution < 1.29 is 9.84 Å². The predicted molar refractivity (Wildman–Crippen MR) is 77.6 cm³/mol. The Bertz CT molecular complexity index is 404. The molecule has 1 aliphatic rings. The highest BCUT2D eigenvalue weighted by Gasteiger charge is 2.21. The van der Waals surface area contributed by atoms with Crippen LogP contribution in [0, 0.1) is 0 Å². The molecule has 2 atom stereocenters. The summed E-state index contributed by atoms with van der Waals surface area (Å²) in [4.78, 5) is 0. The summed E-state index contributed by atoms with van der Waals surface area (Å²) in [6, 6.07) is 6.91. The lowest BCUT2D eigenvalue weighted by Crippen LogP contribution is -2.19. The Morgan fingerprint density at radius 1 is 1.47 bits per heavy atom. The summed E-state index contributed by atoms with van der Waals surface area (Å²) in [7, 11) is 0. The summed E-state index contributed by atoms with van der Waals surface area (Å²) in [5.74, 6) is 0.926. The molecule has 0 fully saturated rings. The number of aliphatic hydroxyl groups excluding tert-OH is 1. The van der Waals surface area contributed by atoms with Crippen LogP contribution in [0.4, 0.5) is 0 Å². The molecule has 3 heteroatoms. The second-order valence-electron chi connectivity index (χ2n) is 5.39. The quantitative estimate of drug-likeness (QED) is 0.795. The number of nitrogens with one attached hydrogen (secondary N) is 1. The number of aryl methyl sites for hydroxylation is 1. The van der Waals surface area contributed by atoms with Gasteiger partial charge in [0.25, 0.3) is 0 Å². The van der Waals surface area contributed by atoms with Crippen molar-refractivity contribution in [1.82, 2.24) is 5.32 Å². The van der Waals surface area contributed by atoms with Gasteiger partial charge in [-0.05, 0) is 56.0 Å². The largest absolute Gasteiger partial charge is 0.493 e. The molecule has 0 spiro atoms. The first-order valence-electron chi connectivity index (χ1n) is 7.37. The fourth-order valence-corrected chi connectivity index (χ4v) is 2.56. The van der Waals surface area contributed by atoms with E-state index in [1.807, 2.05) is 6.07 Å². The van der Waals surface area contributed by atoms with Crippen LogP contribution in [0.5, 0.6) is 5.75 Å². The lowest BCUT2D eigenvalue weighted by Gasteiger charge is -2.14. The van der Waals surface area contributed by atoms with Gasteiger partial charge in [0.2, 0.25) is 0 Å². The second kappa shape index (κ2) is 6.92. The van der Waals surface area contributed by atoms with Gasteiger partial charge in [0, 0.05) is 12.5 Å². The van der Waals surface area contributed by atoms with Crippen LogP contribution < -0.4 is 10.1 Å². The summed E-state index contributed by atoms with van der Waals surface area (Å²) in [6.45, 7) is 5.64. The fraction of sp³-hybridized carbons (Fsp3) is 0.625. The molecule has 0 bridgehead atoms. The number of ether oxygens (including phenoxy) is 1. The number of benzene rings is 1. The molecule has 0 aromatic heterocycles. The summed E-state index contributed by atoms with van der Waals surface area (Å²) >= 11 is 0. The SMILES string of the molecule is CCCNC1CCc2cc(OCCC(C)O)ccc21. The molecule has 19 heavy (non-hydrogen) atoms. The van der Waals surface area contributed by atoms with Gasteiger partial charge in [0.05, 0.1) is 12.7 Å². The maximum atomic E-state index is 9.21. The van der Waals surface area contributed by atoms with Crippen molar-refractivity contribution in [2.45, 2.75) is 51.7 Å². The molecule has 0 aliphatic heterocycles. The molecular weight excluding hydrogens is 238 g/mol. The number of fused-ring (bicyclic) bond motifs is 1. The average Bonchev–Trinajstić information content (AvgIpc) is 2.78. The van der Waals surface area contributed by atoms with E-state index in [0.29, 0.717) is 19.1 Å². The van der Waals surface area contributed by atoms with E-state index in [1.165, 1.54) is 24.0 Å². The zero-order chi connectivity index (χ0) is 13.7. The van der Waals surface area contributed by atoms with Gasteiger partial charge in [0.1, 0.15) is 5.75 Å². The van der Waals surface area contributed by atoms with Gasteiger partial charge in [-0.2, -0.15) is 0 Å². The van der Waals surface area contributed by atoms with E-state index in [4.69, 9.17) is 4.74 Å². The van der Waals surface area contributed by atoms with Crippen molar-refractivity contribution in [3.63, 3.8) is 0 Å². The number of aliphatic hydroxyl groups is 1. The molecule has 0 amide bonds. The van der Waals surface area contributed by atoms with Crippen molar-refractivity contribution in [3.05, 3.63) is 29.3 Å². The van der Waals surface area contributed by atoms with Crippen LogP contribution in [-0.2, 0) is 6.42 Å². The molecular formula is C16H25NO2. The van der Waals surface area contributed by atoms with Crippen LogP contribution in [0.2, 0.25) is 0 Å².